The molecule has 0 bridgehead atoms. The van der Waals surface area contributed by atoms with Gasteiger partial charge in [0.15, 0.2) is 10.4 Å². The lowest BCUT2D eigenvalue weighted by molar-refractivity contribution is -0.120. The van der Waals surface area contributed by atoms with Gasteiger partial charge in [-0.3, -0.25) is 14.5 Å². The lowest BCUT2D eigenvalue weighted by atomic mass is 10.0. The van der Waals surface area contributed by atoms with Crippen molar-refractivity contribution in [3.63, 3.8) is 0 Å². The fourth-order valence-electron chi connectivity index (χ4n) is 2.80. The monoisotopic (exact) mass is 455 g/mol. The van der Waals surface area contributed by atoms with Gasteiger partial charge in [-0.05, 0) is 52.8 Å². The second kappa shape index (κ2) is 10.5. The number of nitrogens with zero attached hydrogens (tertiary/aromatic N) is 1. The minimum absolute atomic E-state index is 0.0469. The van der Waals surface area contributed by atoms with Gasteiger partial charge in [-0.25, -0.2) is 0 Å². The average Bonchev–Trinajstić information content (AvgIpc) is 3.10. The Bertz CT molecular complexity index is 777. The molecule has 1 aromatic carbocycles. The summed E-state index contributed by atoms with van der Waals surface area (Å²) >= 11 is 9.49. The maximum Gasteiger partial charge on any atom is 0.287 e. The number of benzene rings is 1. The van der Waals surface area contributed by atoms with Crippen LogP contribution in [0.1, 0.15) is 36.0 Å². The van der Waals surface area contributed by atoms with Crippen molar-refractivity contribution in [1.29, 1.82) is 0 Å². The fraction of sp³-hybridized carbons (Fsp3) is 0.368. The summed E-state index contributed by atoms with van der Waals surface area (Å²) in [7, 11) is 0. The summed E-state index contributed by atoms with van der Waals surface area (Å²) in [5.41, 5.74) is 0.965. The lowest BCUT2D eigenvalue weighted by Gasteiger charge is -2.31. The van der Waals surface area contributed by atoms with E-state index in [-0.39, 0.29) is 24.3 Å². The molecule has 1 aromatic heterocycles. The smallest absolute Gasteiger partial charge is 0.287 e. The number of amides is 2. The second-order valence-electron chi connectivity index (χ2n) is 5.85. The molecule has 146 valence electrons. The molecule has 0 fully saturated rings. The number of halogens is 2. The number of carbonyl (C=O) groups is 2. The van der Waals surface area contributed by atoms with E-state index in [1.165, 1.54) is 6.07 Å². The van der Waals surface area contributed by atoms with Crippen LogP contribution >= 0.6 is 27.5 Å². The van der Waals surface area contributed by atoms with Crippen molar-refractivity contribution in [2.24, 2.45) is 0 Å². The van der Waals surface area contributed by atoms with Crippen LogP contribution in [0, 0.1) is 0 Å². The fourth-order valence-corrected chi connectivity index (χ4v) is 3.37. The second-order valence-corrected chi connectivity index (χ2v) is 7.04. The minimum Gasteiger partial charge on any atom is -0.444 e. The summed E-state index contributed by atoms with van der Waals surface area (Å²) < 4.78 is 5.62. The molecule has 8 heteroatoms. The van der Waals surface area contributed by atoms with Gasteiger partial charge in [0, 0.05) is 11.6 Å². The van der Waals surface area contributed by atoms with Crippen LogP contribution in [-0.2, 0) is 4.79 Å². The standard InChI is InChI=1S/C19H23BrClN3O3/c1-3-24(4-2)15(13-7-5-6-8-14(13)21)11-22-18(25)12-23-19(26)16-9-10-17(20)27-16/h5-10,15H,3-4,11-12H2,1-2H3,(H,22,25)(H,23,26). The molecule has 1 unspecified atom stereocenters. The molecule has 0 radical (unpaired) electrons. The largest absolute Gasteiger partial charge is 0.444 e. The lowest BCUT2D eigenvalue weighted by Crippen LogP contribution is -2.42. The zero-order valence-electron chi connectivity index (χ0n) is 15.3. The molecule has 0 aliphatic heterocycles. The highest BCUT2D eigenvalue weighted by Crippen LogP contribution is 2.26. The number of hydrogen-bond acceptors (Lipinski definition) is 4. The van der Waals surface area contributed by atoms with Crippen LogP contribution in [0.5, 0.6) is 0 Å². The van der Waals surface area contributed by atoms with E-state index in [0.29, 0.717) is 16.2 Å². The minimum atomic E-state index is -0.442. The predicted octanol–water partition coefficient (Wildman–Crippen LogP) is 3.62. The van der Waals surface area contributed by atoms with Crippen molar-refractivity contribution < 1.29 is 14.0 Å². The molecule has 2 N–H and O–H groups in total. The Kier molecular flexibility index (Phi) is 8.34. The van der Waals surface area contributed by atoms with Crippen LogP contribution in [0.15, 0.2) is 45.5 Å². The summed E-state index contributed by atoms with van der Waals surface area (Å²) in [5.74, 6) is -0.577. The summed E-state index contributed by atoms with van der Waals surface area (Å²) in [6.45, 7) is 6.05. The van der Waals surface area contributed by atoms with E-state index in [4.69, 9.17) is 16.0 Å². The van der Waals surface area contributed by atoms with Gasteiger partial charge in [0.25, 0.3) is 5.91 Å². The number of carbonyl (C=O) groups excluding carboxylic acids is 2. The number of rotatable bonds is 9. The Morgan fingerprint density at radius 2 is 1.85 bits per heavy atom. The first-order valence-electron chi connectivity index (χ1n) is 8.74. The van der Waals surface area contributed by atoms with Crippen molar-refractivity contribution in [2.75, 3.05) is 26.2 Å². The van der Waals surface area contributed by atoms with E-state index in [1.54, 1.807) is 6.07 Å². The predicted molar refractivity (Wildman–Crippen MR) is 109 cm³/mol. The van der Waals surface area contributed by atoms with Crippen LogP contribution in [0.25, 0.3) is 0 Å². The molecule has 1 atom stereocenters. The Hall–Kier alpha value is -1.83. The van der Waals surface area contributed by atoms with Gasteiger partial charge in [-0.15, -0.1) is 0 Å². The molecule has 27 heavy (non-hydrogen) atoms. The highest BCUT2D eigenvalue weighted by molar-refractivity contribution is 9.10. The number of furan rings is 1. The molecule has 2 rings (SSSR count). The van der Waals surface area contributed by atoms with Gasteiger partial charge in [-0.2, -0.15) is 0 Å². The van der Waals surface area contributed by atoms with Crippen molar-refractivity contribution in [3.05, 3.63) is 57.4 Å². The summed E-state index contributed by atoms with van der Waals surface area (Å²) in [5, 5.41) is 6.08. The molecule has 6 nitrogen and oxygen atoms in total. The van der Waals surface area contributed by atoms with Crippen molar-refractivity contribution in [3.8, 4) is 0 Å². The van der Waals surface area contributed by atoms with E-state index < -0.39 is 5.91 Å². The third-order valence-corrected chi connectivity index (χ3v) is 4.99. The van der Waals surface area contributed by atoms with Gasteiger partial charge in [0.2, 0.25) is 5.91 Å². The van der Waals surface area contributed by atoms with Crippen LogP contribution in [0.3, 0.4) is 0 Å². The molecular weight excluding hydrogens is 434 g/mol. The van der Waals surface area contributed by atoms with E-state index in [9.17, 15) is 9.59 Å². The average molecular weight is 457 g/mol. The van der Waals surface area contributed by atoms with Gasteiger partial charge in [0.05, 0.1) is 12.6 Å². The summed E-state index contributed by atoms with van der Waals surface area (Å²) in [4.78, 5) is 26.3. The summed E-state index contributed by atoms with van der Waals surface area (Å²) in [6, 6.07) is 10.7. The van der Waals surface area contributed by atoms with Crippen LogP contribution in [-0.4, -0.2) is 42.9 Å². The van der Waals surface area contributed by atoms with E-state index in [0.717, 1.165) is 18.7 Å². The zero-order valence-corrected chi connectivity index (χ0v) is 17.6. The first-order valence-corrected chi connectivity index (χ1v) is 9.92. The molecule has 2 aromatic rings. The maximum atomic E-state index is 12.2. The molecule has 0 spiro atoms. The molecule has 0 saturated carbocycles. The van der Waals surface area contributed by atoms with Gasteiger partial charge >= 0.3 is 0 Å². The first kappa shape index (κ1) is 21.5. The highest BCUT2D eigenvalue weighted by atomic mass is 79.9. The quantitative estimate of drug-likeness (QED) is 0.604. The topological polar surface area (TPSA) is 74.6 Å². The van der Waals surface area contributed by atoms with E-state index in [2.05, 4.69) is 45.3 Å². The Labute approximate surface area is 172 Å². The van der Waals surface area contributed by atoms with Crippen LogP contribution < -0.4 is 10.6 Å². The van der Waals surface area contributed by atoms with Gasteiger partial charge in [-0.1, -0.05) is 43.6 Å². The third kappa shape index (κ3) is 6.09. The van der Waals surface area contributed by atoms with Crippen molar-refractivity contribution in [2.45, 2.75) is 19.9 Å². The number of nitrogens with one attached hydrogen (secondary N) is 2. The first-order chi connectivity index (χ1) is 13.0. The summed E-state index contributed by atoms with van der Waals surface area (Å²) in [6.07, 6.45) is 0. The van der Waals surface area contributed by atoms with Crippen LogP contribution in [0.4, 0.5) is 0 Å². The Balaban J connectivity index is 1.94. The van der Waals surface area contributed by atoms with Gasteiger partial charge < -0.3 is 15.1 Å². The Morgan fingerprint density at radius 3 is 2.44 bits per heavy atom. The van der Waals surface area contributed by atoms with Crippen LogP contribution in [0.2, 0.25) is 5.02 Å². The van der Waals surface area contributed by atoms with E-state index >= 15 is 0 Å². The maximum absolute atomic E-state index is 12.2. The molecule has 2 amide bonds. The molecule has 0 aliphatic rings. The molecule has 0 aliphatic carbocycles. The number of hydrogen-bond donors (Lipinski definition) is 2. The van der Waals surface area contributed by atoms with Crippen molar-refractivity contribution >= 4 is 39.3 Å². The molecule has 1 heterocycles. The molecule has 0 saturated heterocycles. The molecular formula is C19H23BrClN3O3. The third-order valence-electron chi connectivity index (χ3n) is 4.22. The Morgan fingerprint density at radius 1 is 1.15 bits per heavy atom. The van der Waals surface area contributed by atoms with Gasteiger partial charge in [0.1, 0.15) is 0 Å². The van der Waals surface area contributed by atoms with Crippen molar-refractivity contribution in [1.82, 2.24) is 15.5 Å². The van der Waals surface area contributed by atoms with E-state index in [1.807, 2.05) is 24.3 Å². The SMILES string of the molecule is CCN(CC)C(CNC(=O)CNC(=O)c1ccc(Br)o1)c1ccccc1Cl. The highest BCUT2D eigenvalue weighted by Gasteiger charge is 2.21. The zero-order chi connectivity index (χ0) is 19.8. The normalized spacial score (nSPS) is 12.0. The number of likely N-dealkylation sites (N-methyl/N-ethyl adjacent to an activating group) is 1.